The van der Waals surface area contributed by atoms with Crippen molar-refractivity contribution in [2.45, 2.75) is 52.2 Å². The van der Waals surface area contributed by atoms with Crippen molar-refractivity contribution in [3.8, 4) is 0 Å². The molecule has 1 saturated heterocycles. The molecule has 5 nitrogen and oxygen atoms in total. The van der Waals surface area contributed by atoms with Crippen molar-refractivity contribution in [3.05, 3.63) is 11.8 Å². The molecule has 0 bridgehead atoms. The van der Waals surface area contributed by atoms with Crippen LogP contribution in [0.15, 0.2) is 4.42 Å². The monoisotopic (exact) mass is 253 g/mol. The highest BCUT2D eigenvalue weighted by atomic mass is 16.4. The summed E-state index contributed by atoms with van der Waals surface area (Å²) in [5.74, 6) is 2.03. The van der Waals surface area contributed by atoms with E-state index in [1.54, 1.807) is 0 Å². The summed E-state index contributed by atoms with van der Waals surface area (Å²) in [6.45, 7) is 8.61. The zero-order valence-corrected chi connectivity index (χ0v) is 11.5. The van der Waals surface area contributed by atoms with Crippen molar-refractivity contribution in [3.63, 3.8) is 0 Å². The van der Waals surface area contributed by atoms with Gasteiger partial charge in [0.05, 0.1) is 12.6 Å². The third-order valence-electron chi connectivity index (χ3n) is 3.56. The standard InChI is InChI=1S/C13H23N3O2/c1-9(2)13-15-14-12(18-13)8-16-6-4-5-11(7-16)10(3)17/h9-11,17H,4-8H2,1-3H3. The SMILES string of the molecule is CC(C)c1nnc(CN2CCCC(C(C)O)C2)o1. The van der Waals surface area contributed by atoms with Crippen LogP contribution in [0.3, 0.4) is 0 Å². The molecule has 102 valence electrons. The van der Waals surface area contributed by atoms with Crippen LogP contribution in [0.25, 0.3) is 0 Å². The zero-order valence-electron chi connectivity index (χ0n) is 11.5. The highest BCUT2D eigenvalue weighted by Crippen LogP contribution is 2.21. The average molecular weight is 253 g/mol. The number of hydrogen-bond acceptors (Lipinski definition) is 5. The molecule has 18 heavy (non-hydrogen) atoms. The molecule has 1 aromatic heterocycles. The smallest absolute Gasteiger partial charge is 0.230 e. The van der Waals surface area contributed by atoms with Gasteiger partial charge in [0, 0.05) is 12.5 Å². The molecule has 1 N–H and O–H groups in total. The van der Waals surface area contributed by atoms with Gasteiger partial charge >= 0.3 is 0 Å². The normalized spacial score (nSPS) is 23.5. The fraction of sp³-hybridized carbons (Fsp3) is 0.846. The van der Waals surface area contributed by atoms with E-state index in [2.05, 4.69) is 15.1 Å². The van der Waals surface area contributed by atoms with Crippen molar-refractivity contribution in [2.24, 2.45) is 5.92 Å². The predicted molar refractivity (Wildman–Crippen MR) is 68.1 cm³/mol. The Balaban J connectivity index is 1.92. The predicted octanol–water partition coefficient (Wildman–Crippen LogP) is 1.79. The van der Waals surface area contributed by atoms with Gasteiger partial charge in [-0.1, -0.05) is 13.8 Å². The Labute approximate surface area is 108 Å². The third kappa shape index (κ3) is 3.29. The van der Waals surface area contributed by atoms with Gasteiger partial charge in [0.15, 0.2) is 0 Å². The van der Waals surface area contributed by atoms with Gasteiger partial charge in [-0.3, -0.25) is 4.90 Å². The Morgan fingerprint density at radius 1 is 1.39 bits per heavy atom. The number of hydrogen-bond donors (Lipinski definition) is 1. The summed E-state index contributed by atoms with van der Waals surface area (Å²) in [6, 6.07) is 0. The highest BCUT2D eigenvalue weighted by molar-refractivity contribution is 4.88. The van der Waals surface area contributed by atoms with Crippen molar-refractivity contribution >= 4 is 0 Å². The minimum absolute atomic E-state index is 0.235. The van der Waals surface area contributed by atoms with Crippen LogP contribution < -0.4 is 0 Å². The summed E-state index contributed by atoms with van der Waals surface area (Å²) >= 11 is 0. The number of nitrogens with zero attached hydrogens (tertiary/aromatic N) is 3. The zero-order chi connectivity index (χ0) is 13.1. The van der Waals surface area contributed by atoms with E-state index >= 15 is 0 Å². The lowest BCUT2D eigenvalue weighted by Crippen LogP contribution is -2.39. The molecule has 2 rings (SSSR count). The molecular formula is C13H23N3O2. The lowest BCUT2D eigenvalue weighted by atomic mass is 9.93. The molecule has 0 aliphatic carbocycles. The van der Waals surface area contributed by atoms with Crippen LogP contribution >= 0.6 is 0 Å². The first-order valence-electron chi connectivity index (χ1n) is 6.79. The first-order chi connectivity index (χ1) is 8.56. The van der Waals surface area contributed by atoms with Crippen LogP contribution in [0.5, 0.6) is 0 Å². The summed E-state index contributed by atoms with van der Waals surface area (Å²) in [5.41, 5.74) is 0. The van der Waals surface area contributed by atoms with Crippen LogP contribution in [-0.4, -0.2) is 39.4 Å². The topological polar surface area (TPSA) is 62.4 Å². The molecule has 1 fully saturated rings. The van der Waals surface area contributed by atoms with Gasteiger partial charge in [0.1, 0.15) is 0 Å². The van der Waals surface area contributed by atoms with Crippen LogP contribution in [0.1, 0.15) is 51.3 Å². The molecule has 0 saturated carbocycles. The summed E-state index contributed by atoms with van der Waals surface area (Å²) in [4.78, 5) is 2.29. The van der Waals surface area contributed by atoms with Crippen LogP contribution in [-0.2, 0) is 6.54 Å². The number of aromatic nitrogens is 2. The second-order valence-corrected chi connectivity index (χ2v) is 5.57. The molecule has 1 aromatic rings. The lowest BCUT2D eigenvalue weighted by molar-refractivity contribution is 0.0563. The van der Waals surface area contributed by atoms with E-state index in [1.807, 2.05) is 20.8 Å². The Morgan fingerprint density at radius 3 is 2.78 bits per heavy atom. The van der Waals surface area contributed by atoms with Crippen LogP contribution in [0.2, 0.25) is 0 Å². The molecule has 2 unspecified atom stereocenters. The van der Waals surface area contributed by atoms with E-state index in [4.69, 9.17) is 4.42 Å². The fourth-order valence-electron chi connectivity index (χ4n) is 2.38. The lowest BCUT2D eigenvalue weighted by Gasteiger charge is -2.33. The molecule has 2 heterocycles. The van der Waals surface area contributed by atoms with Crippen molar-refractivity contribution < 1.29 is 9.52 Å². The Hall–Kier alpha value is -0.940. The van der Waals surface area contributed by atoms with E-state index in [9.17, 15) is 5.11 Å². The van der Waals surface area contributed by atoms with Gasteiger partial charge in [-0.15, -0.1) is 10.2 Å². The minimum atomic E-state index is -0.235. The first kappa shape index (κ1) is 13.5. The summed E-state index contributed by atoms with van der Waals surface area (Å²) in [7, 11) is 0. The molecule has 0 aromatic carbocycles. The molecule has 1 aliphatic heterocycles. The molecule has 0 amide bonds. The summed E-state index contributed by atoms with van der Waals surface area (Å²) in [6.07, 6.45) is 2.00. The van der Waals surface area contributed by atoms with E-state index in [0.717, 1.165) is 25.9 Å². The highest BCUT2D eigenvalue weighted by Gasteiger charge is 2.24. The van der Waals surface area contributed by atoms with Gasteiger partial charge in [-0.25, -0.2) is 0 Å². The van der Waals surface area contributed by atoms with E-state index < -0.39 is 0 Å². The summed E-state index contributed by atoms with van der Waals surface area (Å²) < 4.78 is 5.62. The van der Waals surface area contributed by atoms with Gasteiger partial charge < -0.3 is 9.52 Å². The Bertz CT molecular complexity index is 376. The molecule has 0 spiro atoms. The number of aliphatic hydroxyl groups excluding tert-OH is 1. The Morgan fingerprint density at radius 2 is 2.17 bits per heavy atom. The number of rotatable bonds is 4. The first-order valence-corrected chi connectivity index (χ1v) is 6.79. The van der Waals surface area contributed by atoms with Gasteiger partial charge in [0.2, 0.25) is 11.8 Å². The minimum Gasteiger partial charge on any atom is -0.424 e. The number of aliphatic hydroxyl groups is 1. The second kappa shape index (κ2) is 5.80. The van der Waals surface area contributed by atoms with Gasteiger partial charge in [0.25, 0.3) is 0 Å². The fourth-order valence-corrected chi connectivity index (χ4v) is 2.38. The van der Waals surface area contributed by atoms with E-state index in [0.29, 0.717) is 24.2 Å². The molecule has 5 heteroatoms. The van der Waals surface area contributed by atoms with Crippen molar-refractivity contribution in [1.29, 1.82) is 0 Å². The maximum Gasteiger partial charge on any atom is 0.230 e. The maximum atomic E-state index is 9.66. The Kier molecular flexibility index (Phi) is 4.35. The van der Waals surface area contributed by atoms with E-state index in [-0.39, 0.29) is 12.0 Å². The van der Waals surface area contributed by atoms with Crippen molar-refractivity contribution in [1.82, 2.24) is 15.1 Å². The van der Waals surface area contributed by atoms with Gasteiger partial charge in [-0.2, -0.15) is 0 Å². The molecule has 2 atom stereocenters. The van der Waals surface area contributed by atoms with Crippen LogP contribution in [0, 0.1) is 5.92 Å². The average Bonchev–Trinajstić information content (AvgIpc) is 2.78. The molecule has 1 aliphatic rings. The largest absolute Gasteiger partial charge is 0.424 e. The third-order valence-corrected chi connectivity index (χ3v) is 3.56. The summed E-state index contributed by atoms with van der Waals surface area (Å²) in [5, 5.41) is 17.8. The number of piperidine rings is 1. The quantitative estimate of drug-likeness (QED) is 0.886. The van der Waals surface area contributed by atoms with Gasteiger partial charge in [-0.05, 0) is 32.2 Å². The van der Waals surface area contributed by atoms with Crippen LogP contribution in [0.4, 0.5) is 0 Å². The molecule has 0 radical (unpaired) electrons. The van der Waals surface area contributed by atoms with Crippen molar-refractivity contribution in [2.75, 3.05) is 13.1 Å². The maximum absolute atomic E-state index is 9.66. The molecular weight excluding hydrogens is 230 g/mol. The second-order valence-electron chi connectivity index (χ2n) is 5.57. The van der Waals surface area contributed by atoms with E-state index in [1.165, 1.54) is 0 Å². The number of likely N-dealkylation sites (tertiary alicyclic amines) is 1.